The molecule has 3 N–H and O–H groups in total. The Hall–Kier alpha value is -3.79. The number of ether oxygens (including phenoxy) is 2. The number of halogens is 3. The first kappa shape index (κ1) is 24.8. The summed E-state index contributed by atoms with van der Waals surface area (Å²) in [4.78, 5) is 16.3. The monoisotopic (exact) mass is 474 g/mol. The molecule has 1 heterocycles. The van der Waals surface area contributed by atoms with Crippen LogP contribution in [0.5, 0.6) is 17.2 Å². The summed E-state index contributed by atoms with van der Waals surface area (Å²) in [6.45, 7) is 4.27. The van der Waals surface area contributed by atoms with Crippen LogP contribution in [-0.4, -0.2) is 30.2 Å². The number of pyridine rings is 1. The normalized spacial score (nSPS) is 11.2. The highest BCUT2D eigenvalue weighted by molar-refractivity contribution is 6.00. The van der Waals surface area contributed by atoms with Crippen molar-refractivity contribution in [2.24, 2.45) is 0 Å². The van der Waals surface area contributed by atoms with E-state index in [4.69, 9.17) is 9.47 Å². The Kier molecular flexibility index (Phi) is 8.31. The summed E-state index contributed by atoms with van der Waals surface area (Å²) in [6, 6.07) is 12.9. The van der Waals surface area contributed by atoms with E-state index >= 15 is 0 Å². The van der Waals surface area contributed by atoms with Gasteiger partial charge in [0.15, 0.2) is 0 Å². The maximum atomic E-state index is 13.8. The van der Waals surface area contributed by atoms with Crippen LogP contribution in [0.25, 0.3) is 0 Å². The fourth-order valence-electron chi connectivity index (χ4n) is 2.99. The maximum absolute atomic E-state index is 13.8. The van der Waals surface area contributed by atoms with Crippen molar-refractivity contribution < 1.29 is 27.4 Å². The van der Waals surface area contributed by atoms with E-state index in [0.717, 1.165) is 0 Å². The minimum absolute atomic E-state index is 0.0465. The molecule has 0 atom stereocenters. The SMILES string of the molecule is CC(C)NCCOc1cccc(NC(=O)Nc2ccc(Oc3ccncc3)cc2)c1C(F)(F)F. The number of carbonyl (C=O) groups excluding carboxylic acids is 1. The molecule has 2 aromatic carbocycles. The molecule has 0 spiro atoms. The number of nitrogens with zero attached hydrogens (tertiary/aromatic N) is 1. The largest absolute Gasteiger partial charge is 0.492 e. The van der Waals surface area contributed by atoms with Crippen molar-refractivity contribution in [2.75, 3.05) is 23.8 Å². The van der Waals surface area contributed by atoms with E-state index in [0.29, 0.717) is 23.7 Å². The third-order valence-electron chi connectivity index (χ3n) is 4.47. The molecule has 3 rings (SSSR count). The summed E-state index contributed by atoms with van der Waals surface area (Å²) in [5.74, 6) is 0.761. The molecule has 0 aliphatic rings. The number of aromatic nitrogens is 1. The van der Waals surface area contributed by atoms with Crippen LogP contribution in [0.2, 0.25) is 0 Å². The van der Waals surface area contributed by atoms with Gasteiger partial charge in [-0.25, -0.2) is 4.79 Å². The summed E-state index contributed by atoms with van der Waals surface area (Å²) in [6.07, 6.45) is -1.54. The molecule has 0 saturated heterocycles. The van der Waals surface area contributed by atoms with Gasteiger partial charge in [-0.1, -0.05) is 19.9 Å². The number of anilines is 2. The Balaban J connectivity index is 1.66. The molecule has 34 heavy (non-hydrogen) atoms. The average Bonchev–Trinajstić information content (AvgIpc) is 2.78. The van der Waals surface area contributed by atoms with E-state index in [1.807, 2.05) is 13.8 Å². The molecule has 0 radical (unpaired) electrons. The fraction of sp³-hybridized carbons (Fsp3) is 0.250. The lowest BCUT2D eigenvalue weighted by Crippen LogP contribution is -2.28. The third-order valence-corrected chi connectivity index (χ3v) is 4.47. The van der Waals surface area contributed by atoms with Crippen LogP contribution in [0.3, 0.4) is 0 Å². The second-order valence-corrected chi connectivity index (χ2v) is 7.52. The van der Waals surface area contributed by atoms with Gasteiger partial charge in [0, 0.05) is 30.7 Å². The summed E-state index contributed by atoms with van der Waals surface area (Å²) in [5.41, 5.74) is -1.08. The lowest BCUT2D eigenvalue weighted by Gasteiger charge is -2.19. The van der Waals surface area contributed by atoms with Crippen molar-refractivity contribution in [3.63, 3.8) is 0 Å². The van der Waals surface area contributed by atoms with E-state index in [9.17, 15) is 18.0 Å². The Bertz CT molecular complexity index is 1080. The van der Waals surface area contributed by atoms with Crippen LogP contribution in [0.1, 0.15) is 19.4 Å². The van der Waals surface area contributed by atoms with Gasteiger partial charge in [-0.05, 0) is 48.5 Å². The molecule has 2 amide bonds. The van der Waals surface area contributed by atoms with Gasteiger partial charge in [-0.3, -0.25) is 4.98 Å². The average molecular weight is 474 g/mol. The smallest absolute Gasteiger partial charge is 0.421 e. The highest BCUT2D eigenvalue weighted by Gasteiger charge is 2.37. The Morgan fingerprint density at radius 3 is 2.29 bits per heavy atom. The lowest BCUT2D eigenvalue weighted by atomic mass is 10.1. The zero-order valence-electron chi connectivity index (χ0n) is 18.6. The van der Waals surface area contributed by atoms with Gasteiger partial charge in [0.2, 0.25) is 0 Å². The number of hydrogen-bond donors (Lipinski definition) is 3. The zero-order valence-corrected chi connectivity index (χ0v) is 18.6. The van der Waals surface area contributed by atoms with Crippen molar-refractivity contribution in [3.05, 3.63) is 72.6 Å². The first-order valence-electron chi connectivity index (χ1n) is 10.5. The zero-order chi connectivity index (χ0) is 24.6. The van der Waals surface area contributed by atoms with Gasteiger partial charge in [-0.15, -0.1) is 0 Å². The Morgan fingerprint density at radius 2 is 1.65 bits per heavy atom. The minimum Gasteiger partial charge on any atom is -0.492 e. The van der Waals surface area contributed by atoms with E-state index in [1.54, 1.807) is 48.8 Å². The van der Waals surface area contributed by atoms with E-state index in [1.165, 1.54) is 18.2 Å². The predicted molar refractivity (Wildman–Crippen MR) is 123 cm³/mol. The quantitative estimate of drug-likeness (QED) is 0.336. The predicted octanol–water partition coefficient (Wildman–Crippen LogP) is 5.91. The lowest BCUT2D eigenvalue weighted by molar-refractivity contribution is -0.138. The second-order valence-electron chi connectivity index (χ2n) is 7.52. The topological polar surface area (TPSA) is 84.5 Å². The molecule has 0 aliphatic carbocycles. The van der Waals surface area contributed by atoms with Gasteiger partial charge in [-0.2, -0.15) is 13.2 Å². The van der Waals surface area contributed by atoms with E-state index in [2.05, 4.69) is 20.9 Å². The van der Waals surface area contributed by atoms with Gasteiger partial charge in [0.05, 0.1) is 5.69 Å². The maximum Gasteiger partial charge on any atom is 0.421 e. The summed E-state index contributed by atoms with van der Waals surface area (Å²) < 4.78 is 52.3. The van der Waals surface area contributed by atoms with Crippen LogP contribution in [0.15, 0.2) is 67.0 Å². The van der Waals surface area contributed by atoms with Crippen molar-refractivity contribution in [1.29, 1.82) is 0 Å². The molecular formula is C24H25F3N4O3. The van der Waals surface area contributed by atoms with Gasteiger partial charge in [0.25, 0.3) is 0 Å². The number of urea groups is 1. The molecule has 7 nitrogen and oxygen atoms in total. The Labute approximate surface area is 195 Å². The highest BCUT2D eigenvalue weighted by Crippen LogP contribution is 2.41. The summed E-state index contributed by atoms with van der Waals surface area (Å²) in [7, 11) is 0. The van der Waals surface area contributed by atoms with Crippen LogP contribution in [-0.2, 0) is 6.18 Å². The standard InChI is InChI=1S/C24H25F3N4O3/c1-16(2)29-14-15-33-21-5-3-4-20(22(21)24(25,26)27)31-23(32)30-17-6-8-18(9-7-17)34-19-10-12-28-13-11-19/h3-13,16,29H,14-15H2,1-2H3,(H2,30,31,32). The second kappa shape index (κ2) is 11.4. The van der Waals surface area contributed by atoms with Crippen LogP contribution >= 0.6 is 0 Å². The highest BCUT2D eigenvalue weighted by atomic mass is 19.4. The molecule has 0 unspecified atom stereocenters. The molecule has 3 aromatic rings. The van der Waals surface area contributed by atoms with Crippen LogP contribution in [0.4, 0.5) is 29.3 Å². The van der Waals surface area contributed by atoms with Gasteiger partial charge >= 0.3 is 12.2 Å². The molecule has 0 aliphatic heterocycles. The summed E-state index contributed by atoms with van der Waals surface area (Å²) >= 11 is 0. The molecule has 180 valence electrons. The van der Waals surface area contributed by atoms with Crippen molar-refractivity contribution >= 4 is 17.4 Å². The first-order valence-corrected chi connectivity index (χ1v) is 10.5. The fourth-order valence-corrected chi connectivity index (χ4v) is 2.99. The number of carbonyl (C=O) groups is 1. The number of hydrogen-bond acceptors (Lipinski definition) is 5. The summed E-state index contributed by atoms with van der Waals surface area (Å²) in [5, 5.41) is 7.84. The van der Waals surface area contributed by atoms with Crippen molar-refractivity contribution in [3.8, 4) is 17.2 Å². The minimum atomic E-state index is -4.73. The van der Waals surface area contributed by atoms with E-state index < -0.39 is 23.5 Å². The third kappa shape index (κ3) is 7.38. The van der Waals surface area contributed by atoms with Crippen LogP contribution in [0, 0.1) is 0 Å². The van der Waals surface area contributed by atoms with Crippen molar-refractivity contribution in [2.45, 2.75) is 26.1 Å². The van der Waals surface area contributed by atoms with E-state index in [-0.39, 0.29) is 18.4 Å². The molecule has 0 saturated carbocycles. The van der Waals surface area contributed by atoms with Crippen molar-refractivity contribution in [1.82, 2.24) is 10.3 Å². The molecule has 0 fully saturated rings. The molecular weight excluding hydrogens is 449 g/mol. The Morgan fingerprint density at radius 1 is 0.971 bits per heavy atom. The number of benzene rings is 2. The van der Waals surface area contributed by atoms with Crippen LogP contribution < -0.4 is 25.4 Å². The number of rotatable bonds is 9. The van der Waals surface area contributed by atoms with Gasteiger partial charge in [0.1, 0.15) is 29.4 Å². The number of alkyl halides is 3. The first-order chi connectivity index (χ1) is 16.2. The van der Waals surface area contributed by atoms with Gasteiger partial charge < -0.3 is 25.4 Å². The molecule has 0 bridgehead atoms. The number of amides is 2. The molecule has 10 heteroatoms. The molecule has 1 aromatic heterocycles. The number of nitrogens with one attached hydrogen (secondary N) is 3.